The lowest BCUT2D eigenvalue weighted by Gasteiger charge is -2.26. The normalized spacial score (nSPS) is 15.7. The fraction of sp³-hybridized carbons (Fsp3) is 0.364. The Hall–Kier alpha value is -2.13. The number of ketones is 1. The van der Waals surface area contributed by atoms with Gasteiger partial charge >= 0.3 is 0 Å². The third-order valence-corrected chi connectivity index (χ3v) is 5.03. The van der Waals surface area contributed by atoms with Crippen LogP contribution >= 0.6 is 11.6 Å². The number of benzene rings is 1. The summed E-state index contributed by atoms with van der Waals surface area (Å²) in [4.78, 5) is 15.5. The number of halogens is 1. The Morgan fingerprint density at radius 3 is 2.73 bits per heavy atom. The van der Waals surface area contributed by atoms with Gasteiger partial charge in [-0.3, -0.25) is 0 Å². The first-order valence-corrected chi connectivity index (χ1v) is 9.50. The number of allylic oxidation sites excluding steroid dienone is 1. The molecule has 1 saturated carbocycles. The predicted molar refractivity (Wildman–Crippen MR) is 106 cm³/mol. The van der Waals surface area contributed by atoms with Crippen molar-refractivity contribution in [2.75, 3.05) is 0 Å². The van der Waals surface area contributed by atoms with Gasteiger partial charge in [-0.15, -0.1) is 0 Å². The molecule has 1 heterocycles. The average molecular weight is 370 g/mol. The Kier molecular flexibility index (Phi) is 6.10. The molecule has 26 heavy (non-hydrogen) atoms. The zero-order valence-corrected chi connectivity index (χ0v) is 16.0. The molecule has 4 heteroatoms. The number of carbonyl (C=O) groups is 1. The van der Waals surface area contributed by atoms with Crippen LogP contribution in [-0.2, 0) is 4.79 Å². The molecule has 3 rings (SSSR count). The van der Waals surface area contributed by atoms with E-state index >= 15 is 0 Å². The van der Waals surface area contributed by atoms with Crippen molar-refractivity contribution in [1.82, 2.24) is 4.98 Å². The van der Waals surface area contributed by atoms with Gasteiger partial charge < -0.3 is 9.53 Å². The van der Waals surface area contributed by atoms with Gasteiger partial charge in [-0.2, -0.15) is 0 Å². The summed E-state index contributed by atoms with van der Waals surface area (Å²) in [5.41, 5.74) is 2.26. The van der Waals surface area contributed by atoms with E-state index in [1.165, 1.54) is 24.8 Å². The quantitative estimate of drug-likeness (QED) is 0.565. The second-order valence-electron chi connectivity index (χ2n) is 7.09. The second-order valence-corrected chi connectivity index (χ2v) is 7.50. The molecule has 3 nitrogen and oxygen atoms in total. The molecule has 0 saturated heterocycles. The Balaban J connectivity index is 1.62. The monoisotopic (exact) mass is 369 g/mol. The molecule has 1 aromatic carbocycles. The zero-order chi connectivity index (χ0) is 18.5. The fourth-order valence-electron chi connectivity index (χ4n) is 3.06. The highest BCUT2D eigenvalue weighted by Crippen LogP contribution is 2.39. The molecule has 136 valence electrons. The molecule has 1 aromatic heterocycles. The van der Waals surface area contributed by atoms with E-state index in [-0.39, 0.29) is 11.7 Å². The maximum absolute atomic E-state index is 11.1. The third kappa shape index (κ3) is 4.95. The number of carbonyl (C=O) groups excluding carboxylic acids is 1. The van der Waals surface area contributed by atoms with Crippen molar-refractivity contribution in [3.63, 3.8) is 0 Å². The van der Waals surface area contributed by atoms with Crippen LogP contribution in [0.2, 0.25) is 5.02 Å². The van der Waals surface area contributed by atoms with Gasteiger partial charge in [0, 0.05) is 18.7 Å². The lowest BCUT2D eigenvalue weighted by atomic mass is 9.80. The van der Waals surface area contributed by atoms with Crippen molar-refractivity contribution in [3.05, 3.63) is 58.8 Å². The summed E-state index contributed by atoms with van der Waals surface area (Å²) < 4.78 is 5.82. The van der Waals surface area contributed by atoms with Gasteiger partial charge in [0.15, 0.2) is 0 Å². The Labute approximate surface area is 160 Å². The largest absolute Gasteiger partial charge is 0.437 e. The number of rotatable bonds is 7. The summed E-state index contributed by atoms with van der Waals surface area (Å²) in [5.74, 6) is 2.20. The molecular weight excluding hydrogens is 346 g/mol. The van der Waals surface area contributed by atoms with Crippen molar-refractivity contribution in [1.29, 1.82) is 0 Å². The summed E-state index contributed by atoms with van der Waals surface area (Å²) in [6.07, 6.45) is 10.1. The molecule has 0 amide bonds. The van der Waals surface area contributed by atoms with E-state index in [1.54, 1.807) is 13.1 Å². The topological polar surface area (TPSA) is 39.2 Å². The van der Waals surface area contributed by atoms with Crippen LogP contribution in [0.4, 0.5) is 0 Å². The summed E-state index contributed by atoms with van der Waals surface area (Å²) in [5, 5.41) is 0.623. The number of aromatic nitrogens is 1. The SMILES string of the molecule is CC(=O)C[C@@H](C)/C=C/c1ccc(Oc2ccc(C3CCC3)cc2Cl)nc1. The molecule has 0 spiro atoms. The van der Waals surface area contributed by atoms with E-state index in [9.17, 15) is 4.79 Å². The minimum atomic E-state index is 0.198. The molecule has 1 fully saturated rings. The van der Waals surface area contributed by atoms with Crippen molar-refractivity contribution in [3.8, 4) is 11.6 Å². The van der Waals surface area contributed by atoms with Crippen LogP contribution in [0.25, 0.3) is 6.08 Å². The lowest BCUT2D eigenvalue weighted by Crippen LogP contribution is -2.08. The first-order chi connectivity index (χ1) is 12.5. The van der Waals surface area contributed by atoms with Crippen LogP contribution < -0.4 is 4.74 Å². The number of Topliss-reactive ketones (excluding diaryl/α,β-unsaturated/α-hetero) is 1. The number of hydrogen-bond donors (Lipinski definition) is 0. The number of ether oxygens (including phenoxy) is 1. The maximum Gasteiger partial charge on any atom is 0.219 e. The highest BCUT2D eigenvalue weighted by molar-refractivity contribution is 6.32. The summed E-state index contributed by atoms with van der Waals surface area (Å²) in [6.45, 7) is 3.64. The lowest BCUT2D eigenvalue weighted by molar-refractivity contribution is -0.117. The Morgan fingerprint density at radius 1 is 1.35 bits per heavy atom. The molecule has 0 unspecified atom stereocenters. The zero-order valence-electron chi connectivity index (χ0n) is 15.2. The molecule has 0 radical (unpaired) electrons. The van der Waals surface area contributed by atoms with Crippen molar-refractivity contribution >= 4 is 23.5 Å². The van der Waals surface area contributed by atoms with E-state index in [4.69, 9.17) is 16.3 Å². The van der Waals surface area contributed by atoms with E-state index in [1.807, 2.05) is 43.3 Å². The van der Waals surface area contributed by atoms with Gasteiger partial charge in [0.05, 0.1) is 5.02 Å². The van der Waals surface area contributed by atoms with Crippen LogP contribution in [0.15, 0.2) is 42.6 Å². The van der Waals surface area contributed by atoms with E-state index < -0.39 is 0 Å². The highest BCUT2D eigenvalue weighted by atomic mass is 35.5. The molecule has 0 bridgehead atoms. The van der Waals surface area contributed by atoms with Crippen LogP contribution in [0.1, 0.15) is 56.6 Å². The maximum atomic E-state index is 11.1. The van der Waals surface area contributed by atoms with Gasteiger partial charge in [-0.1, -0.05) is 43.2 Å². The predicted octanol–water partition coefficient (Wildman–Crippen LogP) is 6.42. The highest BCUT2D eigenvalue weighted by Gasteiger charge is 2.20. The molecule has 2 aromatic rings. The Morgan fingerprint density at radius 2 is 2.15 bits per heavy atom. The number of hydrogen-bond acceptors (Lipinski definition) is 3. The molecule has 1 aliphatic carbocycles. The van der Waals surface area contributed by atoms with Crippen LogP contribution in [0.5, 0.6) is 11.6 Å². The van der Waals surface area contributed by atoms with Gasteiger partial charge in [-0.05, 0) is 60.9 Å². The third-order valence-electron chi connectivity index (χ3n) is 4.73. The molecule has 0 aliphatic heterocycles. The summed E-state index contributed by atoms with van der Waals surface area (Å²) >= 11 is 6.37. The Bertz CT molecular complexity index is 794. The molecular formula is C22H24ClNO2. The summed E-state index contributed by atoms with van der Waals surface area (Å²) in [6, 6.07) is 9.79. The van der Waals surface area contributed by atoms with Gasteiger partial charge in [0.25, 0.3) is 0 Å². The fourth-order valence-corrected chi connectivity index (χ4v) is 3.28. The van der Waals surface area contributed by atoms with Crippen LogP contribution in [0, 0.1) is 5.92 Å². The standard InChI is InChI=1S/C22H24ClNO2/c1-15(12-16(2)25)6-7-17-8-11-22(24-14-17)26-21-10-9-19(13-20(21)23)18-4-3-5-18/h6-11,13-15,18H,3-5,12H2,1-2H3/b7-6+/t15-/m0/s1. The number of pyridine rings is 1. The van der Waals surface area contributed by atoms with Crippen molar-refractivity contribution in [2.45, 2.75) is 45.4 Å². The van der Waals surface area contributed by atoms with Crippen LogP contribution in [-0.4, -0.2) is 10.8 Å². The van der Waals surface area contributed by atoms with E-state index in [0.717, 1.165) is 5.56 Å². The molecule has 1 aliphatic rings. The minimum Gasteiger partial charge on any atom is -0.437 e. The smallest absolute Gasteiger partial charge is 0.219 e. The average Bonchev–Trinajstić information content (AvgIpc) is 2.54. The van der Waals surface area contributed by atoms with Crippen LogP contribution in [0.3, 0.4) is 0 Å². The summed E-state index contributed by atoms with van der Waals surface area (Å²) in [7, 11) is 0. The minimum absolute atomic E-state index is 0.198. The molecule has 0 N–H and O–H groups in total. The van der Waals surface area contributed by atoms with Gasteiger partial charge in [-0.25, -0.2) is 4.98 Å². The molecule has 1 atom stereocenters. The van der Waals surface area contributed by atoms with E-state index in [2.05, 4.69) is 11.1 Å². The second kappa shape index (κ2) is 8.50. The van der Waals surface area contributed by atoms with Crippen molar-refractivity contribution in [2.24, 2.45) is 5.92 Å². The van der Waals surface area contributed by atoms with Crippen molar-refractivity contribution < 1.29 is 9.53 Å². The first-order valence-electron chi connectivity index (χ1n) is 9.12. The van der Waals surface area contributed by atoms with E-state index in [0.29, 0.717) is 29.0 Å². The van der Waals surface area contributed by atoms with Gasteiger partial charge in [0.1, 0.15) is 11.5 Å². The van der Waals surface area contributed by atoms with Gasteiger partial charge in [0.2, 0.25) is 5.88 Å². The first kappa shape index (κ1) is 18.7. The number of nitrogens with zero attached hydrogens (tertiary/aromatic N) is 1.